The van der Waals surface area contributed by atoms with Gasteiger partial charge in [-0.1, -0.05) is 17.7 Å². The maximum absolute atomic E-state index is 13.3. The van der Waals surface area contributed by atoms with Gasteiger partial charge in [-0.25, -0.2) is 9.18 Å². The number of hydrogen-bond acceptors (Lipinski definition) is 5. The maximum Gasteiger partial charge on any atom is 0.337 e. The van der Waals surface area contributed by atoms with Crippen molar-refractivity contribution in [3.63, 3.8) is 0 Å². The Morgan fingerprint density at radius 2 is 1.89 bits per heavy atom. The van der Waals surface area contributed by atoms with Crippen LogP contribution in [0, 0.1) is 5.82 Å². The molecule has 28 heavy (non-hydrogen) atoms. The summed E-state index contributed by atoms with van der Waals surface area (Å²) in [7, 11) is 1.29. The zero-order valence-corrected chi connectivity index (χ0v) is 15.5. The third-order valence-corrected chi connectivity index (χ3v) is 4.07. The van der Waals surface area contributed by atoms with E-state index >= 15 is 0 Å². The third kappa shape index (κ3) is 4.63. The fourth-order valence-corrected chi connectivity index (χ4v) is 2.58. The second kappa shape index (κ2) is 8.49. The van der Waals surface area contributed by atoms with Crippen molar-refractivity contribution in [3.05, 3.63) is 82.9 Å². The van der Waals surface area contributed by atoms with Gasteiger partial charge in [-0.2, -0.15) is 0 Å². The van der Waals surface area contributed by atoms with Crippen molar-refractivity contribution in [2.75, 3.05) is 17.7 Å². The molecule has 3 rings (SSSR count). The van der Waals surface area contributed by atoms with Crippen molar-refractivity contribution in [3.8, 4) is 0 Å². The minimum absolute atomic E-state index is 0.120. The van der Waals surface area contributed by atoms with Gasteiger partial charge in [0, 0.05) is 17.6 Å². The molecule has 8 heteroatoms. The number of benzene rings is 2. The molecular weight excluding hydrogens is 385 g/mol. The van der Waals surface area contributed by atoms with Crippen LogP contribution in [0.25, 0.3) is 0 Å². The maximum atomic E-state index is 13.3. The molecule has 2 aromatic carbocycles. The van der Waals surface area contributed by atoms with Crippen LogP contribution in [-0.4, -0.2) is 24.0 Å². The Balaban J connectivity index is 1.80. The normalized spacial score (nSPS) is 10.2. The quantitative estimate of drug-likeness (QED) is 0.610. The Labute approximate surface area is 165 Å². The lowest BCUT2D eigenvalue weighted by atomic mass is 10.2. The zero-order valence-electron chi connectivity index (χ0n) is 14.7. The molecule has 0 aliphatic carbocycles. The van der Waals surface area contributed by atoms with E-state index in [-0.39, 0.29) is 5.69 Å². The van der Waals surface area contributed by atoms with Crippen LogP contribution in [0.15, 0.2) is 60.8 Å². The van der Waals surface area contributed by atoms with Gasteiger partial charge in [0.15, 0.2) is 0 Å². The van der Waals surface area contributed by atoms with Crippen LogP contribution in [0.5, 0.6) is 0 Å². The first-order valence-corrected chi connectivity index (χ1v) is 8.52. The number of carbonyl (C=O) groups excluding carboxylic acids is 2. The predicted octanol–water partition coefficient (Wildman–Crippen LogP) is 4.66. The molecule has 0 aliphatic heterocycles. The number of nitrogens with zero attached hydrogens (tertiary/aromatic N) is 1. The number of rotatable bonds is 5. The van der Waals surface area contributed by atoms with Gasteiger partial charge in [-0.3, -0.25) is 9.78 Å². The molecule has 0 bridgehead atoms. The van der Waals surface area contributed by atoms with Gasteiger partial charge >= 0.3 is 5.97 Å². The van der Waals surface area contributed by atoms with Crippen molar-refractivity contribution < 1.29 is 18.7 Å². The predicted molar refractivity (Wildman–Crippen MR) is 105 cm³/mol. The average molecular weight is 400 g/mol. The van der Waals surface area contributed by atoms with E-state index < -0.39 is 17.7 Å². The van der Waals surface area contributed by atoms with E-state index in [1.807, 2.05) is 0 Å². The highest BCUT2D eigenvalue weighted by Crippen LogP contribution is 2.27. The zero-order chi connectivity index (χ0) is 20.1. The van der Waals surface area contributed by atoms with Crippen molar-refractivity contribution in [2.24, 2.45) is 0 Å². The van der Waals surface area contributed by atoms with Crippen LogP contribution < -0.4 is 10.6 Å². The molecule has 1 heterocycles. The fraction of sp³-hybridized carbons (Fsp3) is 0.0500. The van der Waals surface area contributed by atoms with E-state index in [0.29, 0.717) is 27.6 Å². The van der Waals surface area contributed by atoms with Crippen LogP contribution in [0.3, 0.4) is 0 Å². The van der Waals surface area contributed by atoms with E-state index in [1.54, 1.807) is 30.3 Å². The number of methoxy groups -OCH3 is 1. The summed E-state index contributed by atoms with van der Waals surface area (Å²) in [6, 6.07) is 13.4. The molecule has 0 aliphatic rings. The molecule has 0 fully saturated rings. The molecule has 2 N–H and O–H groups in total. The van der Waals surface area contributed by atoms with E-state index in [4.69, 9.17) is 16.3 Å². The molecule has 0 atom stereocenters. The largest absolute Gasteiger partial charge is 0.465 e. The number of amides is 1. The summed E-state index contributed by atoms with van der Waals surface area (Å²) in [5.41, 5.74) is 1.76. The third-order valence-electron chi connectivity index (χ3n) is 3.74. The second-order valence-electron chi connectivity index (χ2n) is 5.71. The minimum atomic E-state index is -0.497. The monoisotopic (exact) mass is 399 g/mol. The molecule has 1 amide bonds. The molecule has 6 nitrogen and oxygen atoms in total. The van der Waals surface area contributed by atoms with E-state index in [0.717, 1.165) is 0 Å². The topological polar surface area (TPSA) is 80.3 Å². The van der Waals surface area contributed by atoms with Crippen LogP contribution in [0.2, 0.25) is 5.02 Å². The lowest BCUT2D eigenvalue weighted by Crippen LogP contribution is -2.14. The summed E-state index contributed by atoms with van der Waals surface area (Å²) < 4.78 is 18.0. The van der Waals surface area contributed by atoms with Crippen molar-refractivity contribution in [1.82, 2.24) is 4.98 Å². The van der Waals surface area contributed by atoms with E-state index in [2.05, 4.69) is 15.6 Å². The first-order chi connectivity index (χ1) is 13.5. The summed E-state index contributed by atoms with van der Waals surface area (Å²) >= 11 is 6.17. The second-order valence-corrected chi connectivity index (χ2v) is 6.11. The number of aromatic nitrogens is 1. The highest BCUT2D eigenvalue weighted by molar-refractivity contribution is 6.33. The van der Waals surface area contributed by atoms with Gasteiger partial charge in [0.2, 0.25) is 0 Å². The molecular formula is C20H15ClFN3O3. The fourth-order valence-electron chi connectivity index (χ4n) is 2.42. The summed E-state index contributed by atoms with van der Waals surface area (Å²) in [6.07, 6.45) is 1.45. The molecule has 1 aromatic heterocycles. The SMILES string of the molecule is COC(=O)c1ccc(Cl)c(Nc2ccnc(C(=O)Nc3cccc(F)c3)c2)c1. The lowest BCUT2D eigenvalue weighted by molar-refractivity contribution is 0.0600. The van der Waals surface area contributed by atoms with Crippen LogP contribution in [0.1, 0.15) is 20.8 Å². The smallest absolute Gasteiger partial charge is 0.337 e. The number of nitrogens with one attached hydrogen (secondary N) is 2. The number of anilines is 3. The summed E-state index contributed by atoms with van der Waals surface area (Å²) in [4.78, 5) is 28.1. The Kier molecular flexibility index (Phi) is 5.86. The molecule has 0 saturated carbocycles. The number of pyridine rings is 1. The van der Waals surface area contributed by atoms with Crippen LogP contribution in [0.4, 0.5) is 21.5 Å². The van der Waals surface area contributed by atoms with Gasteiger partial charge in [-0.15, -0.1) is 0 Å². The summed E-state index contributed by atoms with van der Waals surface area (Å²) in [5.74, 6) is -1.45. The van der Waals surface area contributed by atoms with E-state index in [9.17, 15) is 14.0 Å². The van der Waals surface area contributed by atoms with Crippen LogP contribution >= 0.6 is 11.6 Å². The lowest BCUT2D eigenvalue weighted by Gasteiger charge is -2.11. The van der Waals surface area contributed by atoms with Crippen molar-refractivity contribution in [1.29, 1.82) is 0 Å². The van der Waals surface area contributed by atoms with Gasteiger partial charge in [0.1, 0.15) is 11.5 Å². The Bertz CT molecular complexity index is 1040. The van der Waals surface area contributed by atoms with E-state index in [1.165, 1.54) is 37.6 Å². The number of hydrogen-bond donors (Lipinski definition) is 2. The van der Waals surface area contributed by atoms with Crippen molar-refractivity contribution >= 4 is 40.5 Å². The van der Waals surface area contributed by atoms with Gasteiger partial charge in [-0.05, 0) is 48.5 Å². The first kappa shape index (κ1) is 19.3. The van der Waals surface area contributed by atoms with Gasteiger partial charge < -0.3 is 15.4 Å². The first-order valence-electron chi connectivity index (χ1n) is 8.14. The highest BCUT2D eigenvalue weighted by atomic mass is 35.5. The van der Waals surface area contributed by atoms with Crippen molar-refractivity contribution in [2.45, 2.75) is 0 Å². The minimum Gasteiger partial charge on any atom is -0.465 e. The Morgan fingerprint density at radius 3 is 2.64 bits per heavy atom. The molecule has 0 radical (unpaired) electrons. The highest BCUT2D eigenvalue weighted by Gasteiger charge is 2.12. The average Bonchev–Trinajstić information content (AvgIpc) is 2.69. The molecule has 0 spiro atoms. The molecule has 142 valence electrons. The van der Waals surface area contributed by atoms with Gasteiger partial charge in [0.25, 0.3) is 5.91 Å². The number of esters is 1. The van der Waals surface area contributed by atoms with Gasteiger partial charge in [0.05, 0.1) is 23.4 Å². The standard InChI is InChI=1S/C20H15ClFN3O3/c1-28-20(27)12-5-6-16(21)17(9-12)24-15-7-8-23-18(11-15)19(26)25-14-4-2-3-13(22)10-14/h2-11H,1H3,(H,23,24)(H,25,26). The number of carbonyl (C=O) groups is 2. The van der Waals surface area contributed by atoms with Crippen LogP contribution in [-0.2, 0) is 4.74 Å². The molecule has 0 unspecified atom stereocenters. The summed E-state index contributed by atoms with van der Waals surface area (Å²) in [5, 5.41) is 6.00. The Hall–Kier alpha value is -3.45. The summed E-state index contributed by atoms with van der Waals surface area (Å²) in [6.45, 7) is 0. The molecule has 3 aromatic rings. The number of halogens is 2. The number of ether oxygens (including phenoxy) is 1. The Morgan fingerprint density at radius 1 is 1.07 bits per heavy atom. The molecule has 0 saturated heterocycles.